The predicted molar refractivity (Wildman–Crippen MR) is 112 cm³/mol. The molecule has 0 saturated heterocycles. The van der Waals surface area contributed by atoms with Crippen LogP contribution in [0.5, 0.6) is 0 Å². The van der Waals surface area contributed by atoms with Crippen molar-refractivity contribution in [2.45, 2.75) is 111 Å². The average molecular weight is 385 g/mol. The first-order valence-corrected chi connectivity index (χ1v) is 11.4. The molecule has 0 aromatic carbocycles. The third-order valence-corrected chi connectivity index (χ3v) is 5.24. The van der Waals surface area contributed by atoms with E-state index in [0.717, 1.165) is 83.5 Å². The Hall–Kier alpha value is -1.06. The largest absolute Gasteiger partial charge is 0.465 e. The van der Waals surface area contributed by atoms with Crippen molar-refractivity contribution in [3.8, 4) is 0 Å². The van der Waals surface area contributed by atoms with Gasteiger partial charge in [0.05, 0.1) is 25.0 Å². The lowest BCUT2D eigenvalue weighted by Gasteiger charge is -2.14. The molecule has 0 saturated carbocycles. The highest BCUT2D eigenvalue weighted by Gasteiger charge is 2.17. The maximum Gasteiger partial charge on any atom is 0.308 e. The van der Waals surface area contributed by atoms with Gasteiger partial charge in [-0.1, -0.05) is 72.6 Å². The molecular weight excluding hydrogens is 340 g/mol. The standard InChI is InChI=1S/C23H44O4/c1-5-9-16-20(7-3)22(24)26-18-14-12-11-13-15-19-27-23(25)21(8-4)17-10-6-2/h20-21H,5-19H2,1-4H3/t20-,21-/m0/s1. The zero-order chi connectivity index (χ0) is 20.3. The molecule has 4 nitrogen and oxygen atoms in total. The van der Waals surface area contributed by atoms with Crippen molar-refractivity contribution in [2.75, 3.05) is 13.2 Å². The molecule has 0 rings (SSSR count). The molecule has 160 valence electrons. The Bertz CT molecular complexity index is 333. The number of ether oxygens (including phenoxy) is 2. The highest BCUT2D eigenvalue weighted by Crippen LogP contribution is 2.16. The van der Waals surface area contributed by atoms with Gasteiger partial charge >= 0.3 is 11.9 Å². The number of unbranched alkanes of at least 4 members (excludes halogenated alkanes) is 6. The van der Waals surface area contributed by atoms with Crippen LogP contribution in [0.3, 0.4) is 0 Å². The molecule has 0 amide bonds. The van der Waals surface area contributed by atoms with Gasteiger partial charge in [-0.15, -0.1) is 0 Å². The van der Waals surface area contributed by atoms with E-state index < -0.39 is 0 Å². The van der Waals surface area contributed by atoms with Crippen molar-refractivity contribution in [1.82, 2.24) is 0 Å². The van der Waals surface area contributed by atoms with Gasteiger partial charge in [0.15, 0.2) is 0 Å². The third-order valence-electron chi connectivity index (χ3n) is 5.24. The molecule has 0 aliphatic heterocycles. The molecular formula is C23H44O4. The maximum atomic E-state index is 12.0. The van der Waals surface area contributed by atoms with E-state index >= 15 is 0 Å². The van der Waals surface area contributed by atoms with Gasteiger partial charge in [0.2, 0.25) is 0 Å². The molecule has 27 heavy (non-hydrogen) atoms. The van der Waals surface area contributed by atoms with Crippen molar-refractivity contribution in [3.05, 3.63) is 0 Å². The Labute approximate surface area is 167 Å². The van der Waals surface area contributed by atoms with Gasteiger partial charge < -0.3 is 9.47 Å². The number of carbonyl (C=O) groups excluding carboxylic acids is 2. The van der Waals surface area contributed by atoms with E-state index in [4.69, 9.17) is 9.47 Å². The van der Waals surface area contributed by atoms with Gasteiger partial charge in [-0.3, -0.25) is 9.59 Å². The van der Waals surface area contributed by atoms with Crippen LogP contribution in [0.2, 0.25) is 0 Å². The van der Waals surface area contributed by atoms with E-state index in [9.17, 15) is 9.59 Å². The van der Waals surface area contributed by atoms with E-state index in [0.29, 0.717) is 13.2 Å². The second kappa shape index (κ2) is 18.3. The summed E-state index contributed by atoms with van der Waals surface area (Å²) < 4.78 is 10.8. The van der Waals surface area contributed by atoms with Gasteiger partial charge in [-0.25, -0.2) is 0 Å². The predicted octanol–water partition coefficient (Wildman–Crippen LogP) is 6.46. The second-order valence-electron chi connectivity index (χ2n) is 7.60. The van der Waals surface area contributed by atoms with Crippen LogP contribution in [0.25, 0.3) is 0 Å². The topological polar surface area (TPSA) is 52.6 Å². The first-order chi connectivity index (χ1) is 13.1. The number of carbonyl (C=O) groups is 2. The van der Waals surface area contributed by atoms with Gasteiger partial charge in [-0.2, -0.15) is 0 Å². The molecule has 0 aliphatic carbocycles. The minimum absolute atomic E-state index is 0.0218. The van der Waals surface area contributed by atoms with Crippen LogP contribution >= 0.6 is 0 Å². The van der Waals surface area contributed by atoms with Crippen molar-refractivity contribution < 1.29 is 19.1 Å². The van der Waals surface area contributed by atoms with Crippen LogP contribution in [0.4, 0.5) is 0 Å². The fourth-order valence-electron chi connectivity index (χ4n) is 3.19. The lowest BCUT2D eigenvalue weighted by atomic mass is 10.00. The summed E-state index contributed by atoms with van der Waals surface area (Å²) in [5.41, 5.74) is 0. The van der Waals surface area contributed by atoms with Gasteiger partial charge in [0, 0.05) is 0 Å². The molecule has 0 spiro atoms. The molecule has 0 radical (unpaired) electrons. The number of hydrogen-bond acceptors (Lipinski definition) is 4. The van der Waals surface area contributed by atoms with Crippen LogP contribution < -0.4 is 0 Å². The maximum absolute atomic E-state index is 12.0. The van der Waals surface area contributed by atoms with E-state index in [1.807, 2.05) is 0 Å². The summed E-state index contributed by atoms with van der Waals surface area (Å²) in [6.07, 6.45) is 13.1. The smallest absolute Gasteiger partial charge is 0.308 e. The Kier molecular flexibility index (Phi) is 17.6. The second-order valence-corrected chi connectivity index (χ2v) is 7.60. The SMILES string of the molecule is CCCC[C@H](CC)C(=O)OCCCCCCCOC(=O)[C@@H](CC)CCCC. The van der Waals surface area contributed by atoms with Crippen LogP contribution in [-0.4, -0.2) is 25.2 Å². The summed E-state index contributed by atoms with van der Waals surface area (Å²) >= 11 is 0. The first kappa shape index (κ1) is 25.9. The minimum Gasteiger partial charge on any atom is -0.465 e. The molecule has 0 N–H and O–H groups in total. The number of hydrogen-bond donors (Lipinski definition) is 0. The normalized spacial score (nSPS) is 13.2. The highest BCUT2D eigenvalue weighted by atomic mass is 16.5. The fraction of sp³-hybridized carbons (Fsp3) is 0.913. The molecule has 0 heterocycles. The fourth-order valence-corrected chi connectivity index (χ4v) is 3.19. The summed E-state index contributed by atoms with van der Waals surface area (Å²) in [7, 11) is 0. The van der Waals surface area contributed by atoms with E-state index in [1.165, 1.54) is 0 Å². The molecule has 0 aliphatic rings. The van der Waals surface area contributed by atoms with Crippen LogP contribution in [0.1, 0.15) is 111 Å². The van der Waals surface area contributed by atoms with Crippen LogP contribution in [-0.2, 0) is 19.1 Å². The zero-order valence-electron chi connectivity index (χ0n) is 18.4. The number of esters is 2. The monoisotopic (exact) mass is 384 g/mol. The third kappa shape index (κ3) is 13.7. The van der Waals surface area contributed by atoms with Gasteiger partial charge in [-0.05, 0) is 38.5 Å². The van der Waals surface area contributed by atoms with Crippen LogP contribution in [0.15, 0.2) is 0 Å². The van der Waals surface area contributed by atoms with Gasteiger partial charge in [0.1, 0.15) is 0 Å². The van der Waals surface area contributed by atoms with E-state index in [1.54, 1.807) is 0 Å². The average Bonchev–Trinajstić information content (AvgIpc) is 2.67. The molecule has 0 aromatic heterocycles. The Morgan fingerprint density at radius 3 is 1.30 bits per heavy atom. The van der Waals surface area contributed by atoms with Crippen molar-refractivity contribution in [2.24, 2.45) is 11.8 Å². The lowest BCUT2D eigenvalue weighted by Crippen LogP contribution is -2.18. The van der Waals surface area contributed by atoms with Crippen molar-refractivity contribution in [3.63, 3.8) is 0 Å². The van der Waals surface area contributed by atoms with Crippen LogP contribution in [0, 0.1) is 11.8 Å². The quantitative estimate of drug-likeness (QED) is 0.201. The molecule has 2 atom stereocenters. The van der Waals surface area contributed by atoms with Gasteiger partial charge in [0.25, 0.3) is 0 Å². The summed E-state index contributed by atoms with van der Waals surface area (Å²) in [5, 5.41) is 0. The Balaban J connectivity index is 3.61. The van der Waals surface area contributed by atoms with Crippen molar-refractivity contribution >= 4 is 11.9 Å². The lowest BCUT2D eigenvalue weighted by molar-refractivity contribution is -0.149. The zero-order valence-corrected chi connectivity index (χ0v) is 18.4. The van der Waals surface area contributed by atoms with E-state index in [-0.39, 0.29) is 23.8 Å². The summed E-state index contributed by atoms with van der Waals surface area (Å²) in [4.78, 5) is 24.0. The minimum atomic E-state index is -0.0218. The van der Waals surface area contributed by atoms with E-state index in [2.05, 4.69) is 27.7 Å². The summed E-state index contributed by atoms with van der Waals surface area (Å²) in [6, 6.07) is 0. The molecule has 0 fully saturated rings. The number of rotatable bonds is 18. The Morgan fingerprint density at radius 2 is 0.963 bits per heavy atom. The summed E-state index contributed by atoms with van der Waals surface area (Å²) in [5.74, 6) is 0.102. The molecule has 4 heteroatoms. The molecule has 0 aromatic rings. The highest BCUT2D eigenvalue weighted by molar-refractivity contribution is 5.72. The first-order valence-electron chi connectivity index (χ1n) is 11.4. The molecule has 0 unspecified atom stereocenters. The van der Waals surface area contributed by atoms with Crippen molar-refractivity contribution in [1.29, 1.82) is 0 Å². The Morgan fingerprint density at radius 1 is 0.593 bits per heavy atom. The summed E-state index contributed by atoms with van der Waals surface area (Å²) in [6.45, 7) is 9.47. The molecule has 0 bridgehead atoms.